The topological polar surface area (TPSA) is 13.1 Å². The van der Waals surface area contributed by atoms with Crippen LogP contribution in [0.2, 0.25) is 0 Å². The molecule has 0 bridgehead atoms. The number of rotatable bonds is 2. The van der Waals surface area contributed by atoms with Crippen molar-refractivity contribution in [2.24, 2.45) is 0 Å². The third kappa shape index (κ3) is 1.90. The number of hydrogen-bond donors (Lipinski definition) is 0. The fourth-order valence-corrected chi connectivity index (χ4v) is 0.782. The van der Waals surface area contributed by atoms with Gasteiger partial charge >= 0.3 is 6.18 Å². The second-order valence-electron chi connectivity index (χ2n) is 2.26. The van der Waals surface area contributed by atoms with Gasteiger partial charge in [-0.1, -0.05) is 6.08 Å². The van der Waals surface area contributed by atoms with Crippen LogP contribution in [0.3, 0.4) is 0 Å². The zero-order chi connectivity index (χ0) is 9.19. The molecule has 0 fully saturated rings. The maximum atomic E-state index is 11.9. The van der Waals surface area contributed by atoms with E-state index in [4.69, 9.17) is 0 Å². The van der Waals surface area contributed by atoms with E-state index in [1.165, 1.54) is 12.1 Å². The number of allylic oxidation sites excluding steroid dienone is 1. The van der Waals surface area contributed by atoms with Crippen molar-refractivity contribution in [1.82, 2.24) is 0 Å². The highest BCUT2D eigenvalue weighted by atomic mass is 19.4. The summed E-state index contributed by atoms with van der Waals surface area (Å²) in [5, 5.41) is 0. The largest absolute Gasteiger partial charge is 0.456 e. The second-order valence-corrected chi connectivity index (χ2v) is 2.26. The Morgan fingerprint density at radius 2 is 2.08 bits per heavy atom. The Morgan fingerprint density at radius 1 is 1.42 bits per heavy atom. The molecule has 0 radical (unpaired) electrons. The summed E-state index contributed by atoms with van der Waals surface area (Å²) in [7, 11) is 0. The van der Waals surface area contributed by atoms with Crippen molar-refractivity contribution >= 4 is 0 Å². The molecule has 1 rings (SSSR count). The van der Waals surface area contributed by atoms with Crippen LogP contribution in [-0.2, 0) is 12.6 Å². The van der Waals surface area contributed by atoms with Gasteiger partial charge in [-0.05, 0) is 12.1 Å². The molecule has 0 aromatic carbocycles. The molecule has 0 aliphatic carbocycles. The summed E-state index contributed by atoms with van der Waals surface area (Å²) >= 11 is 0. The molecular weight excluding hydrogens is 169 g/mol. The molecule has 66 valence electrons. The van der Waals surface area contributed by atoms with Gasteiger partial charge in [0.25, 0.3) is 0 Å². The zero-order valence-electron chi connectivity index (χ0n) is 6.19. The van der Waals surface area contributed by atoms with Crippen molar-refractivity contribution < 1.29 is 17.6 Å². The number of hydrogen-bond acceptors (Lipinski definition) is 1. The minimum Gasteiger partial charge on any atom is -0.456 e. The number of furan rings is 1. The minimum atomic E-state index is -4.39. The lowest BCUT2D eigenvalue weighted by atomic mass is 10.3. The molecular formula is C8H7F3O. The van der Waals surface area contributed by atoms with Crippen molar-refractivity contribution in [3.05, 3.63) is 36.3 Å². The van der Waals surface area contributed by atoms with Gasteiger partial charge in [0.2, 0.25) is 5.76 Å². The Kier molecular flexibility index (Phi) is 2.26. The summed E-state index contributed by atoms with van der Waals surface area (Å²) in [5.41, 5.74) is 0. The lowest BCUT2D eigenvalue weighted by Crippen LogP contribution is -2.02. The number of halogens is 3. The Balaban J connectivity index is 2.84. The molecule has 0 amide bonds. The van der Waals surface area contributed by atoms with E-state index < -0.39 is 11.9 Å². The lowest BCUT2D eigenvalue weighted by Gasteiger charge is -1.99. The van der Waals surface area contributed by atoms with Crippen LogP contribution in [0.5, 0.6) is 0 Å². The number of alkyl halides is 3. The van der Waals surface area contributed by atoms with Crippen LogP contribution in [0.15, 0.2) is 29.2 Å². The molecule has 12 heavy (non-hydrogen) atoms. The van der Waals surface area contributed by atoms with Crippen LogP contribution in [0.1, 0.15) is 11.5 Å². The van der Waals surface area contributed by atoms with Crippen LogP contribution in [0.25, 0.3) is 0 Å². The summed E-state index contributed by atoms with van der Waals surface area (Å²) in [6.07, 6.45) is -2.59. The van der Waals surface area contributed by atoms with E-state index in [-0.39, 0.29) is 5.76 Å². The SMILES string of the molecule is C=CCc1ccc(C(F)(F)F)o1. The van der Waals surface area contributed by atoms with Gasteiger partial charge in [-0.2, -0.15) is 13.2 Å². The molecule has 0 aliphatic heterocycles. The normalized spacial score (nSPS) is 11.6. The van der Waals surface area contributed by atoms with Crippen LogP contribution < -0.4 is 0 Å². The standard InChI is InChI=1S/C8H7F3O/c1-2-3-6-4-5-7(12-6)8(9,10)11/h2,4-5H,1,3H2. The molecule has 0 atom stereocenters. The van der Waals surface area contributed by atoms with Gasteiger partial charge in [-0.25, -0.2) is 0 Å². The maximum Gasteiger partial charge on any atom is 0.449 e. The van der Waals surface area contributed by atoms with Gasteiger partial charge in [-0.15, -0.1) is 6.58 Å². The molecule has 1 aromatic heterocycles. The van der Waals surface area contributed by atoms with E-state index >= 15 is 0 Å². The lowest BCUT2D eigenvalue weighted by molar-refractivity contribution is -0.153. The third-order valence-electron chi connectivity index (χ3n) is 1.29. The second kappa shape index (κ2) is 3.05. The molecule has 1 aromatic rings. The fourth-order valence-electron chi connectivity index (χ4n) is 0.782. The van der Waals surface area contributed by atoms with E-state index in [0.717, 1.165) is 6.07 Å². The van der Waals surface area contributed by atoms with Crippen molar-refractivity contribution in [2.75, 3.05) is 0 Å². The van der Waals surface area contributed by atoms with E-state index in [0.29, 0.717) is 6.42 Å². The molecule has 4 heteroatoms. The van der Waals surface area contributed by atoms with Gasteiger partial charge in [0.15, 0.2) is 0 Å². The van der Waals surface area contributed by atoms with Crippen molar-refractivity contribution in [3.63, 3.8) is 0 Å². The monoisotopic (exact) mass is 176 g/mol. The average molecular weight is 176 g/mol. The molecule has 0 aliphatic rings. The summed E-state index contributed by atoms with van der Waals surface area (Å²) in [6.45, 7) is 3.39. The molecule has 0 saturated carbocycles. The van der Waals surface area contributed by atoms with Crippen LogP contribution in [0.4, 0.5) is 13.2 Å². The first-order chi connectivity index (χ1) is 5.54. The highest BCUT2D eigenvalue weighted by Gasteiger charge is 2.34. The summed E-state index contributed by atoms with van der Waals surface area (Å²) < 4.78 is 40.3. The van der Waals surface area contributed by atoms with Crippen molar-refractivity contribution in [3.8, 4) is 0 Å². The molecule has 0 N–H and O–H groups in total. The molecule has 0 spiro atoms. The third-order valence-corrected chi connectivity index (χ3v) is 1.29. The van der Waals surface area contributed by atoms with Gasteiger partial charge in [0, 0.05) is 6.42 Å². The predicted octanol–water partition coefficient (Wildman–Crippen LogP) is 3.03. The van der Waals surface area contributed by atoms with E-state index in [9.17, 15) is 13.2 Å². The molecule has 0 unspecified atom stereocenters. The van der Waals surface area contributed by atoms with Crippen LogP contribution in [-0.4, -0.2) is 0 Å². The van der Waals surface area contributed by atoms with E-state index in [1.807, 2.05) is 0 Å². The van der Waals surface area contributed by atoms with Crippen molar-refractivity contribution in [1.29, 1.82) is 0 Å². The van der Waals surface area contributed by atoms with Gasteiger partial charge in [-0.3, -0.25) is 0 Å². The molecule has 0 saturated heterocycles. The first kappa shape index (κ1) is 8.90. The Morgan fingerprint density at radius 3 is 2.50 bits per heavy atom. The first-order valence-electron chi connectivity index (χ1n) is 3.31. The summed E-state index contributed by atoms with van der Waals surface area (Å²) in [5.74, 6) is -0.684. The fraction of sp³-hybridized carbons (Fsp3) is 0.250. The predicted molar refractivity (Wildman–Crippen MR) is 37.6 cm³/mol. The average Bonchev–Trinajstić information content (AvgIpc) is 2.35. The molecule has 1 nitrogen and oxygen atoms in total. The highest BCUT2D eigenvalue weighted by molar-refractivity contribution is 5.11. The van der Waals surface area contributed by atoms with Gasteiger partial charge in [0.1, 0.15) is 5.76 Å². The summed E-state index contributed by atoms with van der Waals surface area (Å²) in [6, 6.07) is 2.21. The Labute approximate surface area is 67.5 Å². The zero-order valence-corrected chi connectivity index (χ0v) is 6.19. The quantitative estimate of drug-likeness (QED) is 0.631. The molecule has 1 heterocycles. The maximum absolute atomic E-state index is 11.9. The van der Waals surface area contributed by atoms with Crippen LogP contribution >= 0.6 is 0 Å². The van der Waals surface area contributed by atoms with Crippen molar-refractivity contribution in [2.45, 2.75) is 12.6 Å². The van der Waals surface area contributed by atoms with Gasteiger partial charge in [0.05, 0.1) is 0 Å². The summed E-state index contributed by atoms with van der Waals surface area (Å²) in [4.78, 5) is 0. The first-order valence-corrected chi connectivity index (χ1v) is 3.31. The minimum absolute atomic E-state index is 0.275. The Bertz CT molecular complexity index is 272. The Hall–Kier alpha value is -1.19. The van der Waals surface area contributed by atoms with Crippen LogP contribution in [0, 0.1) is 0 Å². The van der Waals surface area contributed by atoms with Gasteiger partial charge < -0.3 is 4.42 Å². The highest BCUT2D eigenvalue weighted by Crippen LogP contribution is 2.30. The van der Waals surface area contributed by atoms with E-state index in [1.54, 1.807) is 0 Å². The smallest absolute Gasteiger partial charge is 0.449 e. The van der Waals surface area contributed by atoms with E-state index in [2.05, 4.69) is 11.0 Å².